The predicted octanol–water partition coefficient (Wildman–Crippen LogP) is 1.71. The van der Waals surface area contributed by atoms with Gasteiger partial charge in [-0.3, -0.25) is 4.68 Å². The molecule has 0 aliphatic rings. The first-order valence-electron chi connectivity index (χ1n) is 5.98. The van der Waals surface area contributed by atoms with Gasteiger partial charge in [0.1, 0.15) is 0 Å². The monoisotopic (exact) mass is 249 g/mol. The van der Waals surface area contributed by atoms with Gasteiger partial charge >= 0.3 is 0 Å². The smallest absolute Gasteiger partial charge is 0.208 e. The van der Waals surface area contributed by atoms with Crippen molar-refractivity contribution in [2.45, 2.75) is 19.9 Å². The number of hydrogen-bond donors (Lipinski definition) is 1. The Morgan fingerprint density at radius 3 is 2.94 bits per heavy atom. The molecule has 0 spiro atoms. The number of anilines is 2. The summed E-state index contributed by atoms with van der Waals surface area (Å²) in [5.74, 6) is 1.62. The molecular formula is C12H19N5O. The van der Waals surface area contributed by atoms with Crippen LogP contribution in [0, 0.1) is 6.92 Å². The Kier molecular flexibility index (Phi) is 3.99. The van der Waals surface area contributed by atoms with E-state index in [1.165, 1.54) is 0 Å². The average molecular weight is 249 g/mol. The molecule has 6 nitrogen and oxygen atoms in total. The Morgan fingerprint density at radius 2 is 2.28 bits per heavy atom. The summed E-state index contributed by atoms with van der Waals surface area (Å²) in [5, 5.41) is 7.57. The second kappa shape index (κ2) is 5.68. The van der Waals surface area contributed by atoms with Crippen molar-refractivity contribution in [2.24, 2.45) is 7.05 Å². The normalized spacial score (nSPS) is 10.8. The highest BCUT2D eigenvalue weighted by Gasteiger charge is 2.06. The second-order valence-corrected chi connectivity index (χ2v) is 4.21. The first-order valence-corrected chi connectivity index (χ1v) is 5.98. The third kappa shape index (κ3) is 2.89. The van der Waals surface area contributed by atoms with Gasteiger partial charge in [-0.05, 0) is 13.3 Å². The van der Waals surface area contributed by atoms with E-state index in [2.05, 4.69) is 20.0 Å². The van der Waals surface area contributed by atoms with E-state index in [0.717, 1.165) is 37.0 Å². The van der Waals surface area contributed by atoms with E-state index >= 15 is 0 Å². The number of ether oxygens (including phenoxy) is 1. The molecule has 2 aromatic rings. The van der Waals surface area contributed by atoms with Crippen LogP contribution in [-0.4, -0.2) is 33.0 Å². The Bertz CT molecular complexity index is 483. The van der Waals surface area contributed by atoms with E-state index in [4.69, 9.17) is 4.74 Å². The van der Waals surface area contributed by atoms with Gasteiger partial charge in [0, 0.05) is 51.5 Å². The fourth-order valence-corrected chi connectivity index (χ4v) is 1.73. The lowest BCUT2D eigenvalue weighted by molar-refractivity contribution is 0.190. The average Bonchev–Trinajstić information content (AvgIpc) is 2.88. The van der Waals surface area contributed by atoms with Crippen LogP contribution in [0.4, 0.5) is 11.8 Å². The summed E-state index contributed by atoms with van der Waals surface area (Å²) >= 11 is 0. The molecule has 0 bridgehead atoms. The lowest BCUT2D eigenvalue weighted by atomic mass is 10.4. The number of hydrogen-bond acceptors (Lipinski definition) is 4. The summed E-state index contributed by atoms with van der Waals surface area (Å²) in [6, 6.07) is 1.99. The van der Waals surface area contributed by atoms with Gasteiger partial charge in [0.15, 0.2) is 5.82 Å². The molecular weight excluding hydrogens is 230 g/mol. The summed E-state index contributed by atoms with van der Waals surface area (Å²) in [7, 11) is 3.63. The van der Waals surface area contributed by atoms with E-state index in [9.17, 15) is 0 Å². The summed E-state index contributed by atoms with van der Waals surface area (Å²) < 4.78 is 8.94. The third-order valence-electron chi connectivity index (χ3n) is 2.82. The van der Waals surface area contributed by atoms with Gasteiger partial charge in [0.2, 0.25) is 5.95 Å². The van der Waals surface area contributed by atoms with Crippen LogP contribution in [-0.2, 0) is 18.3 Å². The molecule has 2 heterocycles. The molecule has 18 heavy (non-hydrogen) atoms. The van der Waals surface area contributed by atoms with Crippen molar-refractivity contribution in [1.29, 1.82) is 0 Å². The Balaban J connectivity index is 2.02. The molecule has 0 saturated carbocycles. The summed E-state index contributed by atoms with van der Waals surface area (Å²) in [4.78, 5) is 4.29. The number of imidazole rings is 1. The second-order valence-electron chi connectivity index (χ2n) is 4.21. The first kappa shape index (κ1) is 12.6. The minimum absolute atomic E-state index is 0.750. The van der Waals surface area contributed by atoms with Crippen LogP contribution in [0.2, 0.25) is 0 Å². The minimum Gasteiger partial charge on any atom is -0.385 e. The molecule has 1 N–H and O–H groups in total. The van der Waals surface area contributed by atoms with E-state index in [1.807, 2.05) is 30.9 Å². The van der Waals surface area contributed by atoms with E-state index in [1.54, 1.807) is 13.3 Å². The van der Waals surface area contributed by atoms with E-state index in [-0.39, 0.29) is 0 Å². The Hall–Kier alpha value is -1.82. The number of nitrogens with zero attached hydrogens (tertiary/aromatic N) is 4. The van der Waals surface area contributed by atoms with Gasteiger partial charge in [-0.15, -0.1) is 0 Å². The molecule has 0 saturated heterocycles. The molecule has 2 aromatic heterocycles. The van der Waals surface area contributed by atoms with Crippen LogP contribution in [0.15, 0.2) is 18.5 Å². The number of nitrogens with one attached hydrogen (secondary N) is 1. The van der Waals surface area contributed by atoms with Gasteiger partial charge in [-0.1, -0.05) is 0 Å². The highest BCUT2D eigenvalue weighted by Crippen LogP contribution is 2.14. The fourth-order valence-electron chi connectivity index (χ4n) is 1.73. The highest BCUT2D eigenvalue weighted by atomic mass is 16.5. The zero-order valence-corrected chi connectivity index (χ0v) is 11.1. The molecule has 0 aromatic carbocycles. The lowest BCUT2D eigenvalue weighted by Crippen LogP contribution is -2.05. The highest BCUT2D eigenvalue weighted by molar-refractivity contribution is 5.48. The van der Waals surface area contributed by atoms with Crippen molar-refractivity contribution < 1.29 is 4.74 Å². The molecule has 0 fully saturated rings. The van der Waals surface area contributed by atoms with Gasteiger partial charge in [-0.25, -0.2) is 4.98 Å². The molecule has 0 atom stereocenters. The van der Waals surface area contributed by atoms with Gasteiger partial charge in [0.25, 0.3) is 0 Å². The maximum atomic E-state index is 5.05. The Morgan fingerprint density at radius 1 is 1.44 bits per heavy atom. The molecule has 0 amide bonds. The summed E-state index contributed by atoms with van der Waals surface area (Å²) in [6.07, 6.45) is 4.70. The molecule has 0 unspecified atom stereocenters. The molecule has 2 rings (SSSR count). The van der Waals surface area contributed by atoms with Crippen LogP contribution in [0.1, 0.15) is 12.1 Å². The zero-order valence-electron chi connectivity index (χ0n) is 11.1. The minimum atomic E-state index is 0.750. The standard InChI is InChI=1S/C12H19N5O/c1-10-9-11(15-16(10)2)14-12-13-5-7-17(12)6-4-8-18-3/h5,7,9H,4,6,8H2,1-3H3,(H,13,14,15). The summed E-state index contributed by atoms with van der Waals surface area (Å²) in [5.41, 5.74) is 1.11. The molecule has 0 aliphatic heterocycles. The topological polar surface area (TPSA) is 56.9 Å². The number of methoxy groups -OCH3 is 1. The van der Waals surface area contributed by atoms with E-state index in [0.29, 0.717) is 0 Å². The first-order chi connectivity index (χ1) is 8.70. The molecule has 0 radical (unpaired) electrons. The quantitative estimate of drug-likeness (QED) is 0.792. The number of aryl methyl sites for hydroxylation is 3. The van der Waals surface area contributed by atoms with Crippen LogP contribution in [0.3, 0.4) is 0 Å². The van der Waals surface area contributed by atoms with Gasteiger partial charge in [-0.2, -0.15) is 5.10 Å². The number of aromatic nitrogens is 4. The van der Waals surface area contributed by atoms with Gasteiger partial charge in [0.05, 0.1) is 0 Å². The molecule has 0 aliphatic carbocycles. The van der Waals surface area contributed by atoms with Crippen LogP contribution < -0.4 is 5.32 Å². The van der Waals surface area contributed by atoms with Crippen molar-refractivity contribution in [2.75, 3.05) is 19.0 Å². The van der Waals surface area contributed by atoms with Crippen molar-refractivity contribution in [3.63, 3.8) is 0 Å². The third-order valence-corrected chi connectivity index (χ3v) is 2.82. The Labute approximate surface area is 107 Å². The van der Waals surface area contributed by atoms with Crippen LogP contribution in [0.25, 0.3) is 0 Å². The van der Waals surface area contributed by atoms with Crippen molar-refractivity contribution in [3.8, 4) is 0 Å². The van der Waals surface area contributed by atoms with Crippen molar-refractivity contribution in [3.05, 3.63) is 24.2 Å². The predicted molar refractivity (Wildman–Crippen MR) is 69.9 cm³/mol. The SMILES string of the molecule is COCCCn1ccnc1Nc1cc(C)n(C)n1. The van der Waals surface area contributed by atoms with Crippen LogP contribution >= 0.6 is 0 Å². The molecule has 6 heteroatoms. The van der Waals surface area contributed by atoms with Gasteiger partial charge < -0.3 is 14.6 Å². The summed E-state index contributed by atoms with van der Waals surface area (Å²) in [6.45, 7) is 3.64. The lowest BCUT2D eigenvalue weighted by Gasteiger charge is -2.07. The maximum absolute atomic E-state index is 5.05. The fraction of sp³-hybridized carbons (Fsp3) is 0.500. The van der Waals surface area contributed by atoms with E-state index < -0.39 is 0 Å². The molecule has 98 valence electrons. The van der Waals surface area contributed by atoms with Crippen LogP contribution in [0.5, 0.6) is 0 Å². The largest absolute Gasteiger partial charge is 0.385 e. The van der Waals surface area contributed by atoms with Crippen molar-refractivity contribution >= 4 is 11.8 Å². The number of rotatable bonds is 6. The maximum Gasteiger partial charge on any atom is 0.208 e. The zero-order chi connectivity index (χ0) is 13.0. The van der Waals surface area contributed by atoms with Crippen molar-refractivity contribution in [1.82, 2.24) is 19.3 Å².